The Kier molecular flexibility index (Phi) is 5.04. The van der Waals surface area contributed by atoms with Crippen molar-refractivity contribution >= 4 is 27.6 Å². The highest BCUT2D eigenvalue weighted by molar-refractivity contribution is 9.10. The molecule has 1 aromatic carbocycles. The molecule has 0 aromatic heterocycles. The summed E-state index contributed by atoms with van der Waals surface area (Å²) in [6, 6.07) is 2.31. The summed E-state index contributed by atoms with van der Waals surface area (Å²) in [5.41, 5.74) is 5.60. The van der Waals surface area contributed by atoms with Crippen LogP contribution in [0, 0.1) is 0 Å². The van der Waals surface area contributed by atoms with Gasteiger partial charge in [-0.15, -0.1) is 13.2 Å². The molecule has 0 heterocycles. The van der Waals surface area contributed by atoms with Crippen LogP contribution in [-0.2, 0) is 16.0 Å². The van der Waals surface area contributed by atoms with E-state index in [1.165, 1.54) is 6.07 Å². The number of ether oxygens (including phenoxy) is 2. The lowest BCUT2D eigenvalue weighted by Crippen LogP contribution is -2.19. The Morgan fingerprint density at radius 2 is 2.05 bits per heavy atom. The van der Waals surface area contributed by atoms with E-state index < -0.39 is 18.1 Å². The van der Waals surface area contributed by atoms with Crippen molar-refractivity contribution in [3.63, 3.8) is 0 Å². The molecular formula is C11H11BrF3NO3. The molecule has 0 aliphatic carbocycles. The predicted molar refractivity (Wildman–Crippen MR) is 65.6 cm³/mol. The molecule has 1 aromatic rings. The number of alkyl halides is 3. The molecule has 0 atom stereocenters. The number of anilines is 1. The molecule has 0 amide bonds. The van der Waals surface area contributed by atoms with Crippen LogP contribution in [0.4, 0.5) is 18.9 Å². The Labute approximate surface area is 115 Å². The summed E-state index contributed by atoms with van der Waals surface area (Å²) in [4.78, 5) is 11.3. The van der Waals surface area contributed by atoms with Crippen LogP contribution in [-0.4, -0.2) is 18.9 Å². The molecule has 0 bridgehead atoms. The van der Waals surface area contributed by atoms with Crippen molar-refractivity contribution in [1.29, 1.82) is 0 Å². The third-order valence-corrected chi connectivity index (χ3v) is 2.73. The van der Waals surface area contributed by atoms with Crippen molar-refractivity contribution in [2.45, 2.75) is 19.7 Å². The maximum absolute atomic E-state index is 12.2. The molecule has 0 fully saturated rings. The average molecular weight is 342 g/mol. The Bertz CT molecular complexity index is 477. The smallest absolute Gasteiger partial charge is 0.466 e. The van der Waals surface area contributed by atoms with Gasteiger partial charge in [-0.05, 0) is 28.9 Å². The summed E-state index contributed by atoms with van der Waals surface area (Å²) >= 11 is 3.07. The zero-order valence-electron chi connectivity index (χ0n) is 9.88. The Morgan fingerprint density at radius 3 is 2.58 bits per heavy atom. The second-order valence-corrected chi connectivity index (χ2v) is 4.37. The monoisotopic (exact) mass is 341 g/mol. The zero-order valence-corrected chi connectivity index (χ0v) is 11.5. The lowest BCUT2D eigenvalue weighted by atomic mass is 10.1. The van der Waals surface area contributed by atoms with Crippen molar-refractivity contribution in [2.24, 2.45) is 0 Å². The Balaban J connectivity index is 3.06. The van der Waals surface area contributed by atoms with E-state index in [4.69, 9.17) is 5.73 Å². The van der Waals surface area contributed by atoms with Gasteiger partial charge in [-0.1, -0.05) is 0 Å². The number of nitrogen functional groups attached to an aromatic ring is 1. The van der Waals surface area contributed by atoms with E-state index in [0.717, 1.165) is 6.07 Å². The van der Waals surface area contributed by atoms with E-state index >= 15 is 0 Å². The van der Waals surface area contributed by atoms with Gasteiger partial charge in [-0.3, -0.25) is 4.79 Å². The van der Waals surface area contributed by atoms with Gasteiger partial charge in [0.05, 0.1) is 13.0 Å². The maximum atomic E-state index is 12.2. The van der Waals surface area contributed by atoms with Gasteiger partial charge < -0.3 is 15.2 Å². The first-order chi connectivity index (χ1) is 8.73. The fourth-order valence-electron chi connectivity index (χ4n) is 1.34. The lowest BCUT2D eigenvalue weighted by Gasteiger charge is -2.14. The molecular weight excluding hydrogens is 331 g/mol. The minimum Gasteiger partial charge on any atom is -0.466 e. The average Bonchev–Trinajstić information content (AvgIpc) is 2.23. The van der Waals surface area contributed by atoms with Crippen LogP contribution in [0.1, 0.15) is 12.5 Å². The quantitative estimate of drug-likeness (QED) is 0.675. The van der Waals surface area contributed by atoms with E-state index in [2.05, 4.69) is 25.4 Å². The van der Waals surface area contributed by atoms with E-state index in [0.29, 0.717) is 4.47 Å². The summed E-state index contributed by atoms with van der Waals surface area (Å²) < 4.78 is 45.6. The van der Waals surface area contributed by atoms with Gasteiger partial charge in [-0.25, -0.2) is 0 Å². The minimum atomic E-state index is -4.86. The fraction of sp³-hybridized carbons (Fsp3) is 0.364. The van der Waals surface area contributed by atoms with Crippen LogP contribution in [0.3, 0.4) is 0 Å². The number of carbonyl (C=O) groups is 1. The SMILES string of the molecule is CCOC(=O)Cc1cc(Br)c(N)cc1OC(F)(F)F. The molecule has 0 spiro atoms. The second-order valence-electron chi connectivity index (χ2n) is 3.51. The van der Waals surface area contributed by atoms with E-state index in [1.807, 2.05) is 0 Å². The topological polar surface area (TPSA) is 61.5 Å². The van der Waals surface area contributed by atoms with Crippen molar-refractivity contribution in [3.8, 4) is 5.75 Å². The first-order valence-corrected chi connectivity index (χ1v) is 6.01. The van der Waals surface area contributed by atoms with Gasteiger partial charge in [0.2, 0.25) is 0 Å². The molecule has 0 saturated carbocycles. The summed E-state index contributed by atoms with van der Waals surface area (Å²) in [7, 11) is 0. The highest BCUT2D eigenvalue weighted by Crippen LogP contribution is 2.33. The minimum absolute atomic E-state index is 0.0388. The molecule has 4 nitrogen and oxygen atoms in total. The van der Waals surface area contributed by atoms with Crippen LogP contribution in [0.2, 0.25) is 0 Å². The highest BCUT2D eigenvalue weighted by atomic mass is 79.9. The summed E-state index contributed by atoms with van der Waals surface area (Å²) in [5.74, 6) is -1.16. The summed E-state index contributed by atoms with van der Waals surface area (Å²) in [6.07, 6.45) is -5.19. The number of hydrogen-bond donors (Lipinski definition) is 1. The number of halogens is 4. The standard InChI is InChI=1S/C11H11BrF3NO3/c1-2-18-10(17)4-6-3-7(12)8(16)5-9(6)19-11(13,14)15/h3,5H,2,4,16H2,1H3. The number of esters is 1. The van der Waals surface area contributed by atoms with Gasteiger partial charge in [0.15, 0.2) is 0 Å². The molecule has 1 rings (SSSR count). The molecule has 19 heavy (non-hydrogen) atoms. The van der Waals surface area contributed by atoms with Crippen LogP contribution in [0.5, 0.6) is 5.75 Å². The molecule has 8 heteroatoms. The van der Waals surface area contributed by atoms with Gasteiger partial charge >= 0.3 is 12.3 Å². The van der Waals surface area contributed by atoms with Crippen molar-refractivity contribution in [2.75, 3.05) is 12.3 Å². The van der Waals surface area contributed by atoms with Crippen molar-refractivity contribution in [1.82, 2.24) is 0 Å². The Hall–Kier alpha value is -1.44. The van der Waals surface area contributed by atoms with Crippen LogP contribution >= 0.6 is 15.9 Å². The van der Waals surface area contributed by atoms with Crippen LogP contribution in [0.15, 0.2) is 16.6 Å². The van der Waals surface area contributed by atoms with Gasteiger partial charge in [0.1, 0.15) is 5.75 Å². The number of hydrogen-bond acceptors (Lipinski definition) is 4. The number of benzene rings is 1. The molecule has 0 saturated heterocycles. The first kappa shape index (κ1) is 15.6. The largest absolute Gasteiger partial charge is 0.573 e. The summed E-state index contributed by atoms with van der Waals surface area (Å²) in [5, 5.41) is 0. The van der Waals surface area contributed by atoms with Gasteiger partial charge in [0, 0.05) is 21.8 Å². The fourth-order valence-corrected chi connectivity index (χ4v) is 1.73. The maximum Gasteiger partial charge on any atom is 0.573 e. The van der Waals surface area contributed by atoms with Crippen LogP contribution < -0.4 is 10.5 Å². The summed E-state index contributed by atoms with van der Waals surface area (Å²) in [6.45, 7) is 1.74. The first-order valence-electron chi connectivity index (χ1n) is 5.22. The van der Waals surface area contributed by atoms with E-state index in [9.17, 15) is 18.0 Å². The highest BCUT2D eigenvalue weighted by Gasteiger charge is 2.32. The van der Waals surface area contributed by atoms with Crippen molar-refractivity contribution < 1.29 is 27.4 Å². The van der Waals surface area contributed by atoms with Gasteiger partial charge in [-0.2, -0.15) is 0 Å². The molecule has 0 unspecified atom stereocenters. The van der Waals surface area contributed by atoms with E-state index in [1.54, 1.807) is 6.92 Å². The molecule has 0 radical (unpaired) electrons. The van der Waals surface area contributed by atoms with Crippen LogP contribution in [0.25, 0.3) is 0 Å². The zero-order chi connectivity index (χ0) is 14.6. The molecule has 2 N–H and O–H groups in total. The second kappa shape index (κ2) is 6.14. The normalized spacial score (nSPS) is 11.2. The third-order valence-electron chi connectivity index (χ3n) is 2.05. The molecule has 0 aliphatic rings. The third kappa shape index (κ3) is 4.98. The van der Waals surface area contributed by atoms with E-state index in [-0.39, 0.29) is 24.3 Å². The lowest BCUT2D eigenvalue weighted by molar-refractivity contribution is -0.274. The number of nitrogens with two attached hydrogens (primary N) is 1. The van der Waals surface area contributed by atoms with Crippen molar-refractivity contribution in [3.05, 3.63) is 22.2 Å². The number of rotatable bonds is 4. The Morgan fingerprint density at radius 1 is 1.42 bits per heavy atom. The van der Waals surface area contributed by atoms with Gasteiger partial charge in [0.25, 0.3) is 0 Å². The predicted octanol–water partition coefficient (Wildman–Crippen LogP) is 3.04. The number of carbonyl (C=O) groups excluding carboxylic acids is 1. The molecule has 0 aliphatic heterocycles. The molecule has 106 valence electrons.